The van der Waals surface area contributed by atoms with Gasteiger partial charge in [0.15, 0.2) is 5.96 Å². The van der Waals surface area contributed by atoms with E-state index in [0.717, 1.165) is 11.3 Å². The third kappa shape index (κ3) is 5.76. The number of guanidine groups is 1. The number of hydrogen-bond donors (Lipinski definition) is 2. The summed E-state index contributed by atoms with van der Waals surface area (Å²) in [5.41, 5.74) is 0.0250. The molecule has 0 radical (unpaired) electrons. The molecule has 0 spiro atoms. The molecule has 2 aromatic carbocycles. The van der Waals surface area contributed by atoms with Crippen molar-refractivity contribution in [2.24, 2.45) is 4.99 Å². The molecule has 0 amide bonds. The Morgan fingerprint density at radius 1 is 1.17 bits per heavy atom. The normalized spacial score (nSPS) is 18.0. The Morgan fingerprint density at radius 3 is 2.59 bits per heavy atom. The van der Waals surface area contributed by atoms with E-state index in [9.17, 15) is 13.0 Å². The van der Waals surface area contributed by atoms with E-state index in [2.05, 4.69) is 15.6 Å². The topological polar surface area (TPSA) is 56.7 Å². The van der Waals surface area contributed by atoms with Gasteiger partial charge in [-0.05, 0) is 37.6 Å². The number of halogens is 2. The van der Waals surface area contributed by atoms with Gasteiger partial charge in [0.05, 0.1) is 17.3 Å². The minimum atomic E-state index is -1.10. The lowest BCUT2D eigenvalue weighted by molar-refractivity contribution is 0.576. The fourth-order valence-electron chi connectivity index (χ4n) is 3.32. The molecule has 1 aliphatic heterocycles. The van der Waals surface area contributed by atoms with Crippen molar-refractivity contribution in [3.8, 4) is 0 Å². The molecular weight excluding hydrogens is 394 g/mol. The molecule has 5 nitrogen and oxygen atoms in total. The van der Waals surface area contributed by atoms with Crippen molar-refractivity contribution in [3.63, 3.8) is 0 Å². The fourth-order valence-corrected chi connectivity index (χ4v) is 4.27. The van der Waals surface area contributed by atoms with E-state index in [1.165, 1.54) is 18.2 Å². The standard InChI is InChI=1S/C21H26F2N4OS/c1-2-24-21(25-12-14-29(28)17-7-4-3-5-8-17)26-16-11-13-27(15-16)20-18(22)9-6-10-19(20)23/h3-10,16H,2,11-15H2,1H3,(H2,24,25,26). The highest BCUT2D eigenvalue weighted by molar-refractivity contribution is 7.85. The zero-order chi connectivity index (χ0) is 20.6. The monoisotopic (exact) mass is 420 g/mol. The Labute approximate surface area is 172 Å². The van der Waals surface area contributed by atoms with E-state index in [-0.39, 0.29) is 11.7 Å². The molecule has 1 heterocycles. The molecule has 29 heavy (non-hydrogen) atoms. The SMILES string of the molecule is CCNC(=NCCS(=O)c1ccccc1)NC1CCN(c2c(F)cccc2F)C1. The summed E-state index contributed by atoms with van der Waals surface area (Å²) in [7, 11) is -1.10. The van der Waals surface area contributed by atoms with Crippen LogP contribution in [0, 0.1) is 11.6 Å². The molecule has 0 aliphatic carbocycles. The lowest BCUT2D eigenvalue weighted by Gasteiger charge is -2.21. The first-order valence-electron chi connectivity index (χ1n) is 9.75. The second-order valence-corrected chi connectivity index (χ2v) is 8.34. The minimum absolute atomic E-state index is 0.0198. The summed E-state index contributed by atoms with van der Waals surface area (Å²) in [6.07, 6.45) is 0.744. The summed E-state index contributed by atoms with van der Waals surface area (Å²) in [6, 6.07) is 13.3. The van der Waals surface area contributed by atoms with Crippen molar-refractivity contribution >= 4 is 22.4 Å². The van der Waals surface area contributed by atoms with Crippen LogP contribution in [0.4, 0.5) is 14.5 Å². The summed E-state index contributed by atoms with van der Waals surface area (Å²) in [6.45, 7) is 4.11. The number of hydrogen-bond acceptors (Lipinski definition) is 3. The molecule has 8 heteroatoms. The van der Waals surface area contributed by atoms with Gasteiger partial charge in [0, 0.05) is 36.3 Å². The van der Waals surface area contributed by atoms with Gasteiger partial charge in [-0.3, -0.25) is 9.20 Å². The van der Waals surface area contributed by atoms with Crippen molar-refractivity contribution < 1.29 is 13.0 Å². The van der Waals surface area contributed by atoms with E-state index in [4.69, 9.17) is 0 Å². The fraction of sp³-hybridized carbons (Fsp3) is 0.381. The van der Waals surface area contributed by atoms with E-state index in [1.807, 2.05) is 37.3 Å². The van der Waals surface area contributed by atoms with E-state index >= 15 is 0 Å². The Balaban J connectivity index is 1.56. The van der Waals surface area contributed by atoms with Gasteiger partial charge < -0.3 is 15.5 Å². The predicted octanol–water partition coefficient (Wildman–Crippen LogP) is 2.91. The van der Waals surface area contributed by atoms with Crippen molar-refractivity contribution in [3.05, 3.63) is 60.2 Å². The molecule has 0 saturated carbocycles. The van der Waals surface area contributed by atoms with Crippen LogP contribution in [0.2, 0.25) is 0 Å². The van der Waals surface area contributed by atoms with Crippen molar-refractivity contribution in [1.29, 1.82) is 0 Å². The number of nitrogens with zero attached hydrogens (tertiary/aromatic N) is 2. The first-order valence-corrected chi connectivity index (χ1v) is 11.1. The third-order valence-electron chi connectivity index (χ3n) is 4.68. The second kappa shape index (κ2) is 10.3. The number of anilines is 1. The molecule has 2 unspecified atom stereocenters. The summed E-state index contributed by atoms with van der Waals surface area (Å²) < 4.78 is 40.4. The molecule has 0 aromatic heterocycles. The largest absolute Gasteiger partial charge is 0.365 e. The van der Waals surface area contributed by atoms with Crippen LogP contribution in [-0.4, -0.2) is 48.1 Å². The smallest absolute Gasteiger partial charge is 0.191 e. The van der Waals surface area contributed by atoms with Crippen LogP contribution < -0.4 is 15.5 Å². The maximum Gasteiger partial charge on any atom is 0.191 e. The van der Waals surface area contributed by atoms with E-state index in [1.54, 1.807) is 4.90 Å². The van der Waals surface area contributed by atoms with Crippen LogP contribution >= 0.6 is 0 Å². The number of rotatable bonds is 7. The van der Waals surface area contributed by atoms with Gasteiger partial charge in [0.25, 0.3) is 0 Å². The average molecular weight is 421 g/mol. The minimum Gasteiger partial charge on any atom is -0.365 e. The molecule has 2 aromatic rings. The van der Waals surface area contributed by atoms with E-state index in [0.29, 0.717) is 37.9 Å². The zero-order valence-electron chi connectivity index (χ0n) is 16.4. The Hall–Kier alpha value is -2.48. The maximum absolute atomic E-state index is 14.0. The van der Waals surface area contributed by atoms with Gasteiger partial charge in [-0.1, -0.05) is 24.3 Å². The number of para-hydroxylation sites is 1. The van der Waals surface area contributed by atoms with Crippen LogP contribution in [0.15, 0.2) is 58.4 Å². The molecule has 156 valence electrons. The zero-order valence-corrected chi connectivity index (χ0v) is 17.2. The van der Waals surface area contributed by atoms with Gasteiger partial charge in [-0.25, -0.2) is 8.78 Å². The summed E-state index contributed by atoms with van der Waals surface area (Å²) in [5, 5.41) is 6.50. The first kappa shape index (κ1) is 21.2. The van der Waals surface area contributed by atoms with Gasteiger partial charge in [-0.2, -0.15) is 0 Å². The molecule has 1 saturated heterocycles. The Bertz CT molecular complexity index is 843. The number of aliphatic imine (C=N–C) groups is 1. The van der Waals surface area contributed by atoms with Crippen molar-refractivity contribution in [2.75, 3.05) is 36.8 Å². The lowest BCUT2D eigenvalue weighted by atomic mass is 10.2. The highest BCUT2D eigenvalue weighted by atomic mass is 32.2. The molecule has 3 rings (SSSR count). The molecule has 2 atom stereocenters. The summed E-state index contributed by atoms with van der Waals surface area (Å²) in [5.74, 6) is -0.0414. The number of nitrogens with one attached hydrogen (secondary N) is 2. The summed E-state index contributed by atoms with van der Waals surface area (Å²) in [4.78, 5) is 7.02. The highest BCUT2D eigenvalue weighted by Crippen LogP contribution is 2.26. The first-order chi connectivity index (χ1) is 14.1. The number of benzene rings is 2. The van der Waals surface area contributed by atoms with Gasteiger partial charge in [0.2, 0.25) is 0 Å². The maximum atomic E-state index is 14.0. The quantitative estimate of drug-likeness (QED) is 0.534. The average Bonchev–Trinajstić information content (AvgIpc) is 3.16. The van der Waals surface area contributed by atoms with Crippen molar-refractivity contribution in [2.45, 2.75) is 24.3 Å². The second-order valence-electron chi connectivity index (χ2n) is 6.77. The van der Waals surface area contributed by atoms with Crippen molar-refractivity contribution in [1.82, 2.24) is 10.6 Å². The van der Waals surface area contributed by atoms with Gasteiger partial charge in [0.1, 0.15) is 17.3 Å². The Morgan fingerprint density at radius 2 is 1.90 bits per heavy atom. The molecule has 2 N–H and O–H groups in total. The highest BCUT2D eigenvalue weighted by Gasteiger charge is 2.27. The third-order valence-corrected chi connectivity index (χ3v) is 6.03. The lowest BCUT2D eigenvalue weighted by Crippen LogP contribution is -2.44. The van der Waals surface area contributed by atoms with Crippen LogP contribution in [0.1, 0.15) is 13.3 Å². The van der Waals surface area contributed by atoms with Crippen LogP contribution in [0.3, 0.4) is 0 Å². The summed E-state index contributed by atoms with van der Waals surface area (Å²) >= 11 is 0. The van der Waals surface area contributed by atoms with Gasteiger partial charge >= 0.3 is 0 Å². The van der Waals surface area contributed by atoms with Gasteiger partial charge in [-0.15, -0.1) is 0 Å². The molecule has 1 aliphatic rings. The van der Waals surface area contributed by atoms with Crippen LogP contribution in [-0.2, 0) is 10.8 Å². The molecule has 0 bridgehead atoms. The van der Waals surface area contributed by atoms with Crippen LogP contribution in [0.25, 0.3) is 0 Å². The molecular formula is C21H26F2N4OS. The van der Waals surface area contributed by atoms with Crippen LogP contribution in [0.5, 0.6) is 0 Å². The predicted molar refractivity (Wildman–Crippen MR) is 114 cm³/mol. The Kier molecular flexibility index (Phi) is 7.57. The molecule has 1 fully saturated rings. The van der Waals surface area contributed by atoms with E-state index < -0.39 is 22.4 Å².